The number of allylic oxidation sites excluding steroid dienone is 2. The fourth-order valence-corrected chi connectivity index (χ4v) is 7.66. The van der Waals surface area contributed by atoms with Gasteiger partial charge in [0, 0.05) is 11.5 Å². The second-order valence-corrected chi connectivity index (χ2v) is 11.6. The van der Waals surface area contributed by atoms with Gasteiger partial charge in [-0.1, -0.05) is 29.8 Å². The second-order valence-electron chi connectivity index (χ2n) is 10.3. The molecule has 2 heterocycles. The van der Waals surface area contributed by atoms with Gasteiger partial charge in [0.15, 0.2) is 9.75 Å². The summed E-state index contributed by atoms with van der Waals surface area (Å²) in [6.45, 7) is -0.364. The van der Waals surface area contributed by atoms with E-state index in [-0.39, 0.29) is 42.6 Å². The maximum absolute atomic E-state index is 14.3. The van der Waals surface area contributed by atoms with Gasteiger partial charge in [-0.05, 0) is 49.1 Å². The number of ether oxygens (including phenoxy) is 1. The topological polar surface area (TPSA) is 124 Å². The Morgan fingerprint density at radius 2 is 1.68 bits per heavy atom. The van der Waals surface area contributed by atoms with E-state index in [2.05, 4.69) is 0 Å². The molecule has 6 rings (SSSR count). The molecule has 6 unspecified atom stereocenters. The number of imide groups is 2. The predicted molar refractivity (Wildman–Crippen MR) is 139 cm³/mol. The van der Waals surface area contributed by atoms with E-state index in [9.17, 15) is 33.9 Å². The number of amides is 4. The highest BCUT2D eigenvalue weighted by atomic mass is 35.5. The van der Waals surface area contributed by atoms with Crippen LogP contribution in [-0.2, 0) is 19.2 Å². The molecule has 1 saturated carbocycles. The Bertz CT molecular complexity index is 1480. The fraction of sp³-hybridized carbons (Fsp3) is 0.357. The highest BCUT2D eigenvalue weighted by molar-refractivity contribution is 6.58. The minimum atomic E-state index is -2.11. The Hall–Kier alpha value is -3.31. The number of anilines is 1. The van der Waals surface area contributed by atoms with Crippen LogP contribution < -0.4 is 9.64 Å². The minimum absolute atomic E-state index is 0.0675. The number of alkyl halides is 2. The van der Waals surface area contributed by atoms with Crippen LogP contribution in [0, 0.1) is 23.6 Å². The van der Waals surface area contributed by atoms with Gasteiger partial charge in [-0.3, -0.25) is 24.4 Å². The molecular formula is C28H23Cl2FN2O7. The summed E-state index contributed by atoms with van der Waals surface area (Å²) >= 11 is 14.5. The van der Waals surface area contributed by atoms with E-state index in [0.29, 0.717) is 11.1 Å². The monoisotopic (exact) mass is 588 g/mol. The normalized spacial score (nSPS) is 33.1. The SMILES string of the molecule is O=C1C2CC=C3C(CC4(Cl)C(=O)N(c5ccc(F)cc5)C(=O)C4(Cl)C3c3ccccc3OCCO)C2C(=O)N1O. The van der Waals surface area contributed by atoms with Gasteiger partial charge in [0.2, 0.25) is 0 Å². The Balaban J connectivity index is 1.58. The van der Waals surface area contributed by atoms with Crippen molar-refractivity contribution in [3.63, 3.8) is 0 Å². The molecule has 2 aliphatic carbocycles. The molecule has 3 fully saturated rings. The number of fused-ring (bicyclic) bond motifs is 4. The van der Waals surface area contributed by atoms with Crippen LogP contribution in [0.4, 0.5) is 10.1 Å². The lowest BCUT2D eigenvalue weighted by atomic mass is 9.56. The number of aliphatic hydroxyl groups is 1. The minimum Gasteiger partial charge on any atom is -0.491 e. The van der Waals surface area contributed by atoms with Gasteiger partial charge in [0.1, 0.15) is 18.2 Å². The molecule has 2 N–H and O–H groups in total. The van der Waals surface area contributed by atoms with E-state index in [0.717, 1.165) is 17.0 Å². The molecule has 2 aromatic carbocycles. The number of benzene rings is 2. The van der Waals surface area contributed by atoms with E-state index in [1.54, 1.807) is 30.3 Å². The molecule has 6 atom stereocenters. The van der Waals surface area contributed by atoms with Gasteiger partial charge >= 0.3 is 0 Å². The average molecular weight is 589 g/mol. The van der Waals surface area contributed by atoms with Gasteiger partial charge in [-0.2, -0.15) is 5.06 Å². The summed E-state index contributed by atoms with van der Waals surface area (Å²) in [6, 6.07) is 11.4. The maximum Gasteiger partial charge on any atom is 0.258 e. The summed E-state index contributed by atoms with van der Waals surface area (Å²) in [5.74, 6) is -7.35. The molecular weight excluding hydrogens is 566 g/mol. The zero-order chi connectivity index (χ0) is 28.6. The van der Waals surface area contributed by atoms with Crippen LogP contribution in [-0.4, -0.2) is 62.0 Å². The Labute approximate surface area is 237 Å². The molecule has 40 heavy (non-hydrogen) atoms. The first kappa shape index (κ1) is 26.9. The third-order valence-electron chi connectivity index (χ3n) is 8.45. The number of carbonyl (C=O) groups excluding carboxylic acids is 4. The number of aliphatic hydroxyl groups excluding tert-OH is 1. The first-order valence-electron chi connectivity index (χ1n) is 12.7. The molecule has 0 radical (unpaired) electrons. The van der Waals surface area contributed by atoms with E-state index in [1.165, 1.54) is 12.1 Å². The summed E-state index contributed by atoms with van der Waals surface area (Å²) in [5, 5.41) is 19.7. The van der Waals surface area contributed by atoms with Gasteiger partial charge in [-0.25, -0.2) is 9.29 Å². The Morgan fingerprint density at radius 3 is 2.38 bits per heavy atom. The quantitative estimate of drug-likeness (QED) is 0.238. The van der Waals surface area contributed by atoms with Gasteiger partial charge < -0.3 is 9.84 Å². The van der Waals surface area contributed by atoms with E-state index in [1.807, 2.05) is 0 Å². The van der Waals surface area contributed by atoms with Crippen LogP contribution in [0.1, 0.15) is 24.3 Å². The summed E-state index contributed by atoms with van der Waals surface area (Å²) in [6.07, 6.45) is 1.55. The fourth-order valence-electron chi connectivity index (χ4n) is 6.73. The van der Waals surface area contributed by atoms with Crippen molar-refractivity contribution in [3.8, 4) is 5.75 Å². The van der Waals surface area contributed by atoms with Crippen molar-refractivity contribution in [2.24, 2.45) is 17.8 Å². The van der Waals surface area contributed by atoms with Crippen molar-refractivity contribution in [1.29, 1.82) is 0 Å². The number of hydroxylamine groups is 2. The van der Waals surface area contributed by atoms with E-state index in [4.69, 9.17) is 27.9 Å². The van der Waals surface area contributed by atoms with Crippen molar-refractivity contribution in [1.82, 2.24) is 5.06 Å². The first-order chi connectivity index (χ1) is 19.1. The lowest BCUT2D eigenvalue weighted by molar-refractivity contribution is -0.173. The molecule has 9 nitrogen and oxygen atoms in total. The summed E-state index contributed by atoms with van der Waals surface area (Å²) in [7, 11) is 0. The lowest BCUT2D eigenvalue weighted by Crippen LogP contribution is -2.60. The van der Waals surface area contributed by atoms with Crippen LogP contribution in [0.15, 0.2) is 60.2 Å². The highest BCUT2D eigenvalue weighted by Crippen LogP contribution is 2.66. The largest absolute Gasteiger partial charge is 0.491 e. The number of hydrogen-bond acceptors (Lipinski definition) is 7. The van der Waals surface area contributed by atoms with Crippen LogP contribution in [0.25, 0.3) is 0 Å². The average Bonchev–Trinajstić information content (AvgIpc) is 3.26. The van der Waals surface area contributed by atoms with Crippen LogP contribution >= 0.6 is 23.2 Å². The molecule has 2 saturated heterocycles. The maximum atomic E-state index is 14.3. The first-order valence-corrected chi connectivity index (χ1v) is 13.4. The molecule has 0 bridgehead atoms. The van der Waals surface area contributed by atoms with E-state index < -0.39 is 62.9 Å². The smallest absolute Gasteiger partial charge is 0.258 e. The highest BCUT2D eigenvalue weighted by Gasteiger charge is 2.76. The van der Waals surface area contributed by atoms with Gasteiger partial charge in [0.25, 0.3) is 23.6 Å². The number of halogens is 3. The number of carbonyl (C=O) groups is 4. The molecule has 4 amide bonds. The number of nitrogens with zero attached hydrogens (tertiary/aromatic N) is 2. The van der Waals surface area contributed by atoms with Crippen LogP contribution in [0.2, 0.25) is 0 Å². The molecule has 0 aromatic heterocycles. The standard InChI is InChI=1S/C28H23Cl2FN2O7/c29-27-13-19-16(9-10-18-21(19)24(36)33(39)23(18)35)22(17-3-1-2-4-20(17)40-12-11-34)28(27,30)26(38)32(25(27)37)15-7-5-14(31)6-8-15/h1-9,18-19,21-22,34,39H,10-13H2. The van der Waals surface area contributed by atoms with Crippen molar-refractivity contribution < 1.29 is 38.6 Å². The van der Waals surface area contributed by atoms with Crippen LogP contribution in [0.5, 0.6) is 5.75 Å². The number of rotatable bonds is 5. The molecule has 12 heteroatoms. The third-order valence-corrected chi connectivity index (χ3v) is 9.86. The van der Waals surface area contributed by atoms with Crippen molar-refractivity contribution in [3.05, 3.63) is 71.6 Å². The molecule has 2 aliphatic heterocycles. The number of hydrogen-bond donors (Lipinski definition) is 2. The molecule has 2 aromatic rings. The molecule has 208 valence electrons. The molecule has 4 aliphatic rings. The Kier molecular flexibility index (Phi) is 6.30. The second kappa shape index (κ2) is 9.37. The summed E-state index contributed by atoms with van der Waals surface area (Å²) < 4.78 is 19.5. The van der Waals surface area contributed by atoms with Crippen molar-refractivity contribution in [2.45, 2.75) is 28.5 Å². The molecule has 0 spiro atoms. The van der Waals surface area contributed by atoms with Crippen molar-refractivity contribution >= 4 is 52.5 Å². The summed E-state index contributed by atoms with van der Waals surface area (Å²) in [5.41, 5.74) is 0.981. The predicted octanol–water partition coefficient (Wildman–Crippen LogP) is 3.15. The number of para-hydroxylation sites is 1. The van der Waals surface area contributed by atoms with Gasteiger partial charge in [0.05, 0.1) is 24.1 Å². The lowest BCUT2D eigenvalue weighted by Gasteiger charge is -2.50. The van der Waals surface area contributed by atoms with Crippen LogP contribution in [0.3, 0.4) is 0 Å². The summed E-state index contributed by atoms with van der Waals surface area (Å²) in [4.78, 5) is 50.7. The Morgan fingerprint density at radius 1 is 0.975 bits per heavy atom. The van der Waals surface area contributed by atoms with Gasteiger partial charge in [-0.15, -0.1) is 23.2 Å². The van der Waals surface area contributed by atoms with E-state index >= 15 is 0 Å². The third kappa shape index (κ3) is 3.46. The zero-order valence-electron chi connectivity index (χ0n) is 20.8. The van der Waals surface area contributed by atoms with Crippen molar-refractivity contribution in [2.75, 3.05) is 18.1 Å². The zero-order valence-corrected chi connectivity index (χ0v) is 22.3.